The van der Waals surface area contributed by atoms with Gasteiger partial charge in [-0.25, -0.2) is 14.4 Å². The van der Waals surface area contributed by atoms with Crippen molar-refractivity contribution in [2.75, 3.05) is 13.1 Å². The summed E-state index contributed by atoms with van der Waals surface area (Å²) in [6.07, 6.45) is -0.00630. The first-order valence-corrected chi connectivity index (χ1v) is 10.7. The van der Waals surface area contributed by atoms with Crippen molar-refractivity contribution >= 4 is 5.91 Å². The van der Waals surface area contributed by atoms with Gasteiger partial charge in [0.2, 0.25) is 5.91 Å². The Kier molecular flexibility index (Phi) is 6.67. The van der Waals surface area contributed by atoms with Crippen molar-refractivity contribution in [3.05, 3.63) is 66.5 Å². The maximum atomic E-state index is 14.6. The number of nitrogens with zero attached hydrogens (tertiary/aromatic N) is 4. The van der Waals surface area contributed by atoms with Crippen LogP contribution in [0, 0.1) is 5.82 Å². The highest BCUT2D eigenvalue weighted by Gasteiger charge is 2.32. The van der Waals surface area contributed by atoms with Crippen LogP contribution in [0.25, 0.3) is 22.5 Å². The molecule has 9 heteroatoms. The van der Waals surface area contributed by atoms with Crippen LogP contribution in [-0.2, 0) is 4.79 Å². The summed E-state index contributed by atoms with van der Waals surface area (Å²) in [6.45, 7) is 0.615. The maximum absolute atomic E-state index is 14.6. The number of rotatable bonds is 5. The molecule has 33 heavy (non-hydrogen) atoms. The molecule has 172 valence electrons. The van der Waals surface area contributed by atoms with Crippen LogP contribution in [0.2, 0.25) is 0 Å². The number of benzene rings is 1. The number of carbonyl (C=O) groups excluding carboxylic acids is 1. The fourth-order valence-electron chi connectivity index (χ4n) is 4.06. The SMILES string of the molecule is O=C(CCC(F)(F)F)N1CCC[C@@H](c2nc(-c3cccnc3)ncc2-c2ccccc2F)C1. The van der Waals surface area contributed by atoms with Gasteiger partial charge in [0, 0.05) is 60.7 Å². The van der Waals surface area contributed by atoms with E-state index in [-0.39, 0.29) is 12.5 Å². The lowest BCUT2D eigenvalue weighted by Gasteiger charge is -2.33. The van der Waals surface area contributed by atoms with Gasteiger partial charge in [-0.05, 0) is 31.0 Å². The summed E-state index contributed by atoms with van der Waals surface area (Å²) in [6, 6.07) is 9.85. The van der Waals surface area contributed by atoms with Crippen LogP contribution in [0.3, 0.4) is 0 Å². The van der Waals surface area contributed by atoms with Crippen molar-refractivity contribution < 1.29 is 22.4 Å². The van der Waals surface area contributed by atoms with Crippen LogP contribution in [0.5, 0.6) is 0 Å². The van der Waals surface area contributed by atoms with Gasteiger partial charge in [0.25, 0.3) is 0 Å². The predicted octanol–water partition coefficient (Wildman–Crippen LogP) is 5.39. The number of halogens is 4. The van der Waals surface area contributed by atoms with Crippen molar-refractivity contribution in [2.24, 2.45) is 0 Å². The Balaban J connectivity index is 1.68. The average molecular weight is 458 g/mol. The van der Waals surface area contributed by atoms with Gasteiger partial charge in [-0.3, -0.25) is 9.78 Å². The van der Waals surface area contributed by atoms with Gasteiger partial charge in [-0.1, -0.05) is 18.2 Å². The predicted molar refractivity (Wildman–Crippen MR) is 115 cm³/mol. The summed E-state index contributed by atoms with van der Waals surface area (Å²) in [4.78, 5) is 27.1. The van der Waals surface area contributed by atoms with E-state index in [2.05, 4.69) is 9.97 Å². The minimum Gasteiger partial charge on any atom is -0.342 e. The van der Waals surface area contributed by atoms with Crippen LogP contribution in [0.15, 0.2) is 55.0 Å². The quantitative estimate of drug-likeness (QED) is 0.481. The first kappa shape index (κ1) is 22.8. The molecule has 1 amide bonds. The zero-order valence-electron chi connectivity index (χ0n) is 17.7. The number of likely N-dealkylation sites (tertiary alicyclic amines) is 1. The molecule has 0 N–H and O–H groups in total. The van der Waals surface area contributed by atoms with Crippen LogP contribution in [0.1, 0.15) is 37.3 Å². The smallest absolute Gasteiger partial charge is 0.342 e. The molecule has 1 saturated heterocycles. The molecule has 1 atom stereocenters. The summed E-state index contributed by atoms with van der Waals surface area (Å²) in [7, 11) is 0. The molecule has 1 aliphatic heterocycles. The number of piperidine rings is 1. The normalized spacial score (nSPS) is 16.6. The molecule has 0 saturated carbocycles. The summed E-state index contributed by atoms with van der Waals surface area (Å²) < 4.78 is 52.4. The first-order valence-electron chi connectivity index (χ1n) is 10.7. The highest BCUT2D eigenvalue weighted by Crippen LogP contribution is 2.35. The number of amides is 1. The van der Waals surface area contributed by atoms with Crippen LogP contribution >= 0.6 is 0 Å². The van der Waals surface area contributed by atoms with Crippen molar-refractivity contribution in [2.45, 2.75) is 37.8 Å². The third-order valence-corrected chi connectivity index (χ3v) is 5.69. The molecule has 5 nitrogen and oxygen atoms in total. The molecule has 0 unspecified atom stereocenters. The summed E-state index contributed by atoms with van der Waals surface area (Å²) >= 11 is 0. The number of pyridine rings is 1. The van der Waals surface area contributed by atoms with Crippen molar-refractivity contribution in [1.82, 2.24) is 19.9 Å². The molecular formula is C24H22F4N4O. The molecule has 1 aliphatic rings. The van der Waals surface area contributed by atoms with Crippen molar-refractivity contribution in [3.8, 4) is 22.5 Å². The van der Waals surface area contributed by atoms with Gasteiger partial charge in [0.05, 0.1) is 12.1 Å². The Hall–Kier alpha value is -3.36. The van der Waals surface area contributed by atoms with E-state index < -0.39 is 30.7 Å². The number of hydrogen-bond donors (Lipinski definition) is 0. The lowest BCUT2D eigenvalue weighted by Crippen LogP contribution is -2.39. The minimum absolute atomic E-state index is 0.224. The average Bonchev–Trinajstić information content (AvgIpc) is 2.83. The fourth-order valence-corrected chi connectivity index (χ4v) is 4.06. The Morgan fingerprint density at radius 1 is 1.09 bits per heavy atom. The maximum Gasteiger partial charge on any atom is 0.389 e. The number of alkyl halides is 3. The molecule has 3 heterocycles. The third kappa shape index (κ3) is 5.53. The third-order valence-electron chi connectivity index (χ3n) is 5.69. The molecular weight excluding hydrogens is 436 g/mol. The van der Waals surface area contributed by atoms with Crippen molar-refractivity contribution in [3.63, 3.8) is 0 Å². The molecule has 0 aliphatic carbocycles. The second-order valence-corrected chi connectivity index (χ2v) is 8.01. The van der Waals surface area contributed by atoms with E-state index in [0.29, 0.717) is 47.6 Å². The van der Waals surface area contributed by atoms with E-state index in [1.165, 1.54) is 11.0 Å². The van der Waals surface area contributed by atoms with Gasteiger partial charge in [-0.2, -0.15) is 13.2 Å². The number of aromatic nitrogens is 3. The Morgan fingerprint density at radius 3 is 2.64 bits per heavy atom. The van der Waals surface area contributed by atoms with E-state index >= 15 is 0 Å². The topological polar surface area (TPSA) is 59.0 Å². The lowest BCUT2D eigenvalue weighted by atomic mass is 9.89. The fraction of sp³-hybridized carbons (Fsp3) is 0.333. The molecule has 0 spiro atoms. The van der Waals surface area contributed by atoms with E-state index in [9.17, 15) is 22.4 Å². The second-order valence-electron chi connectivity index (χ2n) is 8.01. The van der Waals surface area contributed by atoms with Gasteiger partial charge in [-0.15, -0.1) is 0 Å². The molecule has 2 aromatic heterocycles. The molecule has 0 bridgehead atoms. The Labute approximate surface area is 188 Å². The van der Waals surface area contributed by atoms with Gasteiger partial charge in [0.1, 0.15) is 5.82 Å². The van der Waals surface area contributed by atoms with E-state index in [1.807, 2.05) is 6.07 Å². The van der Waals surface area contributed by atoms with Crippen LogP contribution in [-0.4, -0.2) is 45.0 Å². The van der Waals surface area contributed by atoms with E-state index in [1.54, 1.807) is 42.9 Å². The molecule has 1 fully saturated rings. The van der Waals surface area contributed by atoms with E-state index in [4.69, 9.17) is 4.98 Å². The molecule has 4 rings (SSSR count). The molecule has 3 aromatic rings. The molecule has 1 aromatic carbocycles. The van der Waals surface area contributed by atoms with Gasteiger partial charge < -0.3 is 4.90 Å². The molecule has 0 radical (unpaired) electrons. The monoisotopic (exact) mass is 458 g/mol. The summed E-state index contributed by atoms with van der Waals surface area (Å²) in [5, 5.41) is 0. The van der Waals surface area contributed by atoms with Crippen LogP contribution < -0.4 is 0 Å². The minimum atomic E-state index is -4.38. The highest BCUT2D eigenvalue weighted by atomic mass is 19.4. The summed E-state index contributed by atoms with van der Waals surface area (Å²) in [5.74, 6) is -0.809. The largest absolute Gasteiger partial charge is 0.389 e. The number of carbonyl (C=O) groups is 1. The van der Waals surface area contributed by atoms with Gasteiger partial charge >= 0.3 is 6.18 Å². The number of hydrogen-bond acceptors (Lipinski definition) is 4. The first-order chi connectivity index (χ1) is 15.8. The zero-order chi connectivity index (χ0) is 23.4. The zero-order valence-corrected chi connectivity index (χ0v) is 17.7. The van der Waals surface area contributed by atoms with E-state index in [0.717, 1.165) is 0 Å². The van der Waals surface area contributed by atoms with Gasteiger partial charge in [0.15, 0.2) is 5.82 Å². The highest BCUT2D eigenvalue weighted by molar-refractivity contribution is 5.76. The second kappa shape index (κ2) is 9.64. The van der Waals surface area contributed by atoms with Crippen molar-refractivity contribution in [1.29, 1.82) is 0 Å². The Bertz CT molecular complexity index is 1120. The summed E-state index contributed by atoms with van der Waals surface area (Å²) in [5.41, 5.74) is 2.11. The lowest BCUT2D eigenvalue weighted by molar-refractivity contribution is -0.149. The Morgan fingerprint density at radius 2 is 1.91 bits per heavy atom. The standard InChI is InChI=1S/C24H22F4N4O/c25-20-8-2-1-7-18(20)19-14-30-23(16-5-3-11-29-13-16)31-22(19)17-6-4-12-32(15-17)21(33)9-10-24(26,27)28/h1-3,5,7-8,11,13-14,17H,4,6,9-10,12,15H2/t17-/m1/s1. The van der Waals surface area contributed by atoms with Crippen LogP contribution in [0.4, 0.5) is 17.6 Å².